The summed E-state index contributed by atoms with van der Waals surface area (Å²) < 4.78 is 0. The maximum atomic E-state index is 11.7. The topological polar surface area (TPSA) is 121 Å². The van der Waals surface area contributed by atoms with Crippen LogP contribution in [0.15, 0.2) is 42.6 Å². The molecule has 0 saturated heterocycles. The Kier molecular flexibility index (Phi) is 5.95. The van der Waals surface area contributed by atoms with Crippen LogP contribution >= 0.6 is 0 Å². The number of carbonyl (C=O) groups is 2. The fraction of sp³-hybridized carbons (Fsp3) is 0.211. The SMILES string of the molecule is CCNC(=O)Nc1ccc(-c2cnc3ccc(NC(=O)NCC)nc3n2)cc1. The molecule has 4 amide bonds. The van der Waals surface area contributed by atoms with Crippen molar-refractivity contribution in [2.24, 2.45) is 0 Å². The molecule has 9 heteroatoms. The molecule has 0 spiro atoms. The first-order valence-corrected chi connectivity index (χ1v) is 8.93. The van der Waals surface area contributed by atoms with Gasteiger partial charge in [0.05, 0.1) is 11.9 Å². The molecule has 0 atom stereocenters. The molecule has 4 N–H and O–H groups in total. The molecule has 0 saturated carbocycles. The summed E-state index contributed by atoms with van der Waals surface area (Å²) in [7, 11) is 0. The van der Waals surface area contributed by atoms with Crippen molar-refractivity contribution < 1.29 is 9.59 Å². The van der Waals surface area contributed by atoms with Crippen molar-refractivity contribution in [1.29, 1.82) is 0 Å². The van der Waals surface area contributed by atoms with E-state index in [-0.39, 0.29) is 12.1 Å². The van der Waals surface area contributed by atoms with Gasteiger partial charge in [0, 0.05) is 24.3 Å². The predicted octanol–water partition coefficient (Wildman–Crippen LogP) is 2.97. The molecule has 2 heterocycles. The van der Waals surface area contributed by atoms with E-state index in [9.17, 15) is 9.59 Å². The minimum atomic E-state index is -0.325. The summed E-state index contributed by atoms with van der Waals surface area (Å²) in [5, 5.41) is 10.7. The number of hydrogen-bond donors (Lipinski definition) is 4. The lowest BCUT2D eigenvalue weighted by Gasteiger charge is -2.08. The third-order valence-electron chi connectivity index (χ3n) is 3.76. The average molecular weight is 379 g/mol. The highest BCUT2D eigenvalue weighted by Gasteiger charge is 2.07. The van der Waals surface area contributed by atoms with E-state index in [4.69, 9.17) is 0 Å². The van der Waals surface area contributed by atoms with Gasteiger partial charge in [0.25, 0.3) is 0 Å². The van der Waals surface area contributed by atoms with E-state index in [1.807, 2.05) is 26.0 Å². The van der Waals surface area contributed by atoms with Crippen molar-refractivity contribution in [1.82, 2.24) is 25.6 Å². The minimum absolute atomic E-state index is 0.253. The smallest absolute Gasteiger partial charge is 0.320 e. The molecule has 9 nitrogen and oxygen atoms in total. The van der Waals surface area contributed by atoms with Gasteiger partial charge in [0.2, 0.25) is 0 Å². The first-order valence-electron chi connectivity index (χ1n) is 8.93. The molecular weight excluding hydrogens is 358 g/mol. The van der Waals surface area contributed by atoms with Crippen LogP contribution in [-0.2, 0) is 0 Å². The van der Waals surface area contributed by atoms with Gasteiger partial charge in [-0.15, -0.1) is 0 Å². The summed E-state index contributed by atoms with van der Waals surface area (Å²) in [5.74, 6) is 0.395. The Bertz CT molecular complexity index is 989. The standard InChI is InChI=1S/C19H21N7O2/c1-3-20-18(27)23-13-7-5-12(6-8-13)15-11-22-14-9-10-16(25-17(14)24-15)26-19(28)21-4-2/h5-11H,3-4H2,1-2H3,(H2,20,23,27)(H2,21,24,25,26,28). The number of benzene rings is 1. The molecule has 144 valence electrons. The van der Waals surface area contributed by atoms with Gasteiger partial charge in [-0.3, -0.25) is 10.3 Å². The minimum Gasteiger partial charge on any atom is -0.338 e. The van der Waals surface area contributed by atoms with Crippen LogP contribution in [0, 0.1) is 0 Å². The molecule has 0 fully saturated rings. The van der Waals surface area contributed by atoms with Gasteiger partial charge in [0.15, 0.2) is 5.65 Å². The van der Waals surface area contributed by atoms with Crippen molar-refractivity contribution in [2.75, 3.05) is 23.7 Å². The van der Waals surface area contributed by atoms with Gasteiger partial charge in [-0.2, -0.15) is 0 Å². The number of pyridine rings is 1. The molecule has 0 aliphatic rings. The van der Waals surface area contributed by atoms with Crippen LogP contribution < -0.4 is 21.3 Å². The third kappa shape index (κ3) is 4.70. The average Bonchev–Trinajstić information content (AvgIpc) is 2.68. The van der Waals surface area contributed by atoms with E-state index in [1.165, 1.54) is 0 Å². The Morgan fingerprint density at radius 3 is 2.21 bits per heavy atom. The number of nitrogens with one attached hydrogen (secondary N) is 4. The number of hydrogen-bond acceptors (Lipinski definition) is 5. The molecule has 2 aromatic heterocycles. The quantitative estimate of drug-likeness (QED) is 0.543. The summed E-state index contributed by atoms with van der Waals surface area (Å²) in [6.45, 7) is 4.77. The second-order valence-corrected chi connectivity index (χ2v) is 5.84. The molecule has 0 radical (unpaired) electrons. The van der Waals surface area contributed by atoms with Crippen molar-refractivity contribution >= 4 is 34.7 Å². The van der Waals surface area contributed by atoms with Crippen LogP contribution in [0.5, 0.6) is 0 Å². The maximum absolute atomic E-state index is 11.7. The van der Waals surface area contributed by atoms with E-state index in [2.05, 4.69) is 36.2 Å². The Morgan fingerprint density at radius 1 is 0.857 bits per heavy atom. The lowest BCUT2D eigenvalue weighted by Crippen LogP contribution is -2.28. The zero-order valence-electron chi connectivity index (χ0n) is 15.6. The number of rotatable bonds is 5. The zero-order valence-corrected chi connectivity index (χ0v) is 15.6. The molecule has 0 aliphatic carbocycles. The molecule has 0 bridgehead atoms. The monoisotopic (exact) mass is 379 g/mol. The van der Waals surface area contributed by atoms with E-state index in [0.717, 1.165) is 5.56 Å². The summed E-state index contributed by atoms with van der Waals surface area (Å²) in [6.07, 6.45) is 1.66. The third-order valence-corrected chi connectivity index (χ3v) is 3.76. The van der Waals surface area contributed by atoms with Crippen LogP contribution in [0.4, 0.5) is 21.1 Å². The Balaban J connectivity index is 1.80. The number of carbonyl (C=O) groups excluding carboxylic acids is 2. The fourth-order valence-corrected chi connectivity index (χ4v) is 2.49. The summed E-state index contributed by atoms with van der Waals surface area (Å²) in [6, 6.07) is 10.1. The molecule has 28 heavy (non-hydrogen) atoms. The van der Waals surface area contributed by atoms with Crippen LogP contribution in [-0.4, -0.2) is 40.1 Å². The van der Waals surface area contributed by atoms with Gasteiger partial charge in [-0.1, -0.05) is 12.1 Å². The van der Waals surface area contributed by atoms with Crippen LogP contribution in [0.25, 0.3) is 22.4 Å². The number of amides is 4. The maximum Gasteiger partial charge on any atom is 0.320 e. The van der Waals surface area contributed by atoms with E-state index < -0.39 is 0 Å². The molecule has 3 aromatic rings. The lowest BCUT2D eigenvalue weighted by molar-refractivity contribution is 0.251. The summed E-state index contributed by atoms with van der Waals surface area (Å²) in [5.41, 5.74) is 3.20. The van der Waals surface area contributed by atoms with Gasteiger partial charge >= 0.3 is 12.1 Å². The first-order chi connectivity index (χ1) is 13.6. The first kappa shape index (κ1) is 19.0. The van der Waals surface area contributed by atoms with Crippen molar-refractivity contribution in [2.45, 2.75) is 13.8 Å². The van der Waals surface area contributed by atoms with Gasteiger partial charge < -0.3 is 16.0 Å². The highest BCUT2D eigenvalue weighted by molar-refractivity contribution is 5.90. The molecule has 0 aliphatic heterocycles. The number of fused-ring (bicyclic) bond motifs is 1. The van der Waals surface area contributed by atoms with Crippen molar-refractivity contribution in [3.8, 4) is 11.3 Å². The Morgan fingerprint density at radius 2 is 1.54 bits per heavy atom. The molecule has 0 unspecified atom stereocenters. The fourth-order valence-electron chi connectivity index (χ4n) is 2.49. The number of aromatic nitrogens is 3. The number of urea groups is 2. The highest BCUT2D eigenvalue weighted by atomic mass is 16.2. The van der Waals surface area contributed by atoms with E-state index in [0.29, 0.717) is 41.5 Å². The highest BCUT2D eigenvalue weighted by Crippen LogP contribution is 2.21. The van der Waals surface area contributed by atoms with Crippen LogP contribution in [0.1, 0.15) is 13.8 Å². The summed E-state index contributed by atoms with van der Waals surface area (Å²) in [4.78, 5) is 36.5. The van der Waals surface area contributed by atoms with Crippen LogP contribution in [0.2, 0.25) is 0 Å². The van der Waals surface area contributed by atoms with Gasteiger partial charge in [-0.25, -0.2) is 19.6 Å². The second kappa shape index (κ2) is 8.76. The Labute approximate surface area is 162 Å². The largest absolute Gasteiger partial charge is 0.338 e. The molecular formula is C19H21N7O2. The Hall–Kier alpha value is -3.75. The zero-order chi connectivity index (χ0) is 19.9. The molecule has 3 rings (SSSR count). The number of nitrogens with zero attached hydrogens (tertiary/aromatic N) is 3. The van der Waals surface area contributed by atoms with Crippen LogP contribution in [0.3, 0.4) is 0 Å². The molecule has 1 aromatic carbocycles. The lowest BCUT2D eigenvalue weighted by atomic mass is 10.1. The van der Waals surface area contributed by atoms with Gasteiger partial charge in [0.1, 0.15) is 11.3 Å². The van der Waals surface area contributed by atoms with E-state index >= 15 is 0 Å². The van der Waals surface area contributed by atoms with Crippen molar-refractivity contribution in [3.05, 3.63) is 42.6 Å². The summed E-state index contributed by atoms with van der Waals surface area (Å²) >= 11 is 0. The van der Waals surface area contributed by atoms with E-state index in [1.54, 1.807) is 30.5 Å². The second-order valence-electron chi connectivity index (χ2n) is 5.84. The van der Waals surface area contributed by atoms with Gasteiger partial charge in [-0.05, 0) is 38.1 Å². The van der Waals surface area contributed by atoms with Crippen molar-refractivity contribution in [3.63, 3.8) is 0 Å². The predicted molar refractivity (Wildman–Crippen MR) is 108 cm³/mol. The number of anilines is 2. The normalized spacial score (nSPS) is 10.4.